The minimum absolute atomic E-state index is 0.933. The van der Waals surface area contributed by atoms with E-state index in [4.69, 9.17) is 5.11 Å². The molecule has 2 aromatic rings. The minimum atomic E-state index is -0.933. The van der Waals surface area contributed by atoms with Crippen LogP contribution in [0.1, 0.15) is 11.1 Å². The van der Waals surface area contributed by atoms with Crippen LogP contribution in [0.4, 0.5) is 0 Å². The van der Waals surface area contributed by atoms with Gasteiger partial charge in [0.1, 0.15) is 0 Å². The lowest BCUT2D eigenvalue weighted by Crippen LogP contribution is -1.84. The van der Waals surface area contributed by atoms with Crippen molar-refractivity contribution in [3.05, 3.63) is 121 Å². The summed E-state index contributed by atoms with van der Waals surface area (Å²) >= 11 is 0. The van der Waals surface area contributed by atoms with Crippen molar-refractivity contribution in [1.82, 2.24) is 0 Å². The zero-order chi connectivity index (χ0) is 18.2. The van der Waals surface area contributed by atoms with Gasteiger partial charge in [-0.15, -0.1) is 0 Å². The van der Waals surface area contributed by atoms with Gasteiger partial charge in [-0.2, -0.15) is 0 Å². The summed E-state index contributed by atoms with van der Waals surface area (Å²) in [6.45, 7) is 3.58. The molecule has 0 spiro atoms. The van der Waals surface area contributed by atoms with Crippen molar-refractivity contribution in [3.8, 4) is 0 Å². The van der Waals surface area contributed by atoms with E-state index in [1.165, 1.54) is 11.6 Å². The van der Waals surface area contributed by atoms with Gasteiger partial charge in [0, 0.05) is 6.08 Å². The van der Waals surface area contributed by atoms with Gasteiger partial charge in [-0.25, -0.2) is 4.79 Å². The Morgan fingerprint density at radius 3 is 1.64 bits per heavy atom. The van der Waals surface area contributed by atoms with Crippen molar-refractivity contribution in [1.29, 1.82) is 0 Å². The number of carboxylic acids is 1. The summed E-state index contributed by atoms with van der Waals surface area (Å²) in [5, 5.41) is 8.29. The fourth-order valence-corrected chi connectivity index (χ4v) is 1.74. The molecule has 25 heavy (non-hydrogen) atoms. The highest BCUT2D eigenvalue weighted by Gasteiger charge is 1.82. The van der Waals surface area contributed by atoms with Crippen molar-refractivity contribution in [2.75, 3.05) is 0 Å². The highest BCUT2D eigenvalue weighted by Crippen LogP contribution is 2.01. The van der Waals surface area contributed by atoms with Crippen LogP contribution in [0.25, 0.3) is 12.2 Å². The van der Waals surface area contributed by atoms with E-state index in [-0.39, 0.29) is 0 Å². The van der Waals surface area contributed by atoms with E-state index in [9.17, 15) is 4.79 Å². The summed E-state index contributed by atoms with van der Waals surface area (Å²) in [6, 6.07) is 19.9. The van der Waals surface area contributed by atoms with Crippen LogP contribution in [0.2, 0.25) is 0 Å². The Balaban J connectivity index is 0.000000251. The fourth-order valence-electron chi connectivity index (χ4n) is 1.74. The second-order valence-electron chi connectivity index (χ2n) is 4.86. The first-order valence-corrected chi connectivity index (χ1v) is 7.86. The number of hydrogen-bond donors (Lipinski definition) is 1. The summed E-state index contributed by atoms with van der Waals surface area (Å²) in [5.41, 5.74) is 2.27. The third kappa shape index (κ3) is 10.9. The predicted octanol–water partition coefficient (Wildman–Crippen LogP) is 5.78. The van der Waals surface area contributed by atoms with E-state index < -0.39 is 5.97 Å². The lowest BCUT2D eigenvalue weighted by Gasteiger charge is -1.87. The number of allylic oxidation sites excluding steroid dienone is 6. The van der Waals surface area contributed by atoms with Crippen LogP contribution in [0.5, 0.6) is 0 Å². The van der Waals surface area contributed by atoms with Crippen molar-refractivity contribution < 1.29 is 9.90 Å². The normalized spacial score (nSPS) is 11.0. The molecule has 2 heteroatoms. The minimum Gasteiger partial charge on any atom is -0.478 e. The van der Waals surface area contributed by atoms with E-state index in [0.29, 0.717) is 0 Å². The predicted molar refractivity (Wildman–Crippen MR) is 107 cm³/mol. The molecule has 0 fully saturated rings. The quantitative estimate of drug-likeness (QED) is 0.538. The first kappa shape index (κ1) is 19.7. The maximum Gasteiger partial charge on any atom is 0.328 e. The molecule has 0 heterocycles. The van der Waals surface area contributed by atoms with Crippen LogP contribution in [0.3, 0.4) is 0 Å². The molecular weight excluding hydrogens is 308 g/mol. The molecule has 0 saturated carbocycles. The highest BCUT2D eigenvalue weighted by atomic mass is 16.4. The molecule has 126 valence electrons. The molecule has 2 nitrogen and oxygen atoms in total. The topological polar surface area (TPSA) is 37.3 Å². The molecule has 0 amide bonds. The van der Waals surface area contributed by atoms with Gasteiger partial charge in [0.25, 0.3) is 0 Å². The van der Waals surface area contributed by atoms with Gasteiger partial charge in [0.2, 0.25) is 0 Å². The maximum atomic E-state index is 10.1. The van der Waals surface area contributed by atoms with Gasteiger partial charge in [-0.3, -0.25) is 0 Å². The summed E-state index contributed by atoms with van der Waals surface area (Å²) in [4.78, 5) is 10.1. The fraction of sp³-hybridized carbons (Fsp3) is 0. The summed E-state index contributed by atoms with van der Waals surface area (Å²) in [6.07, 6.45) is 15.8. The smallest absolute Gasteiger partial charge is 0.328 e. The lowest BCUT2D eigenvalue weighted by atomic mass is 10.2. The van der Waals surface area contributed by atoms with Crippen LogP contribution < -0.4 is 0 Å². The van der Waals surface area contributed by atoms with Crippen LogP contribution >= 0.6 is 0 Å². The Hall–Kier alpha value is -3.39. The zero-order valence-corrected chi connectivity index (χ0v) is 14.0. The number of aliphatic carboxylic acids is 1. The molecule has 0 saturated heterocycles. The zero-order valence-electron chi connectivity index (χ0n) is 14.0. The van der Waals surface area contributed by atoms with Gasteiger partial charge in [-0.1, -0.05) is 116 Å². The van der Waals surface area contributed by atoms with E-state index in [1.807, 2.05) is 72.8 Å². The Labute approximate surface area is 149 Å². The number of rotatable bonds is 6. The van der Waals surface area contributed by atoms with E-state index in [0.717, 1.165) is 11.6 Å². The Bertz CT molecular complexity index is 736. The second kappa shape index (κ2) is 13.1. The molecule has 0 aliphatic rings. The van der Waals surface area contributed by atoms with Crippen molar-refractivity contribution in [2.24, 2.45) is 0 Å². The van der Waals surface area contributed by atoms with Crippen LogP contribution in [-0.4, -0.2) is 11.1 Å². The van der Waals surface area contributed by atoms with Crippen molar-refractivity contribution in [3.63, 3.8) is 0 Å². The summed E-state index contributed by atoms with van der Waals surface area (Å²) in [5.74, 6) is -0.933. The van der Waals surface area contributed by atoms with Crippen molar-refractivity contribution >= 4 is 18.1 Å². The number of hydrogen-bond acceptors (Lipinski definition) is 1. The maximum absolute atomic E-state index is 10.1. The molecule has 0 aliphatic carbocycles. The Morgan fingerprint density at radius 2 is 1.20 bits per heavy atom. The molecule has 0 bridgehead atoms. The molecule has 0 atom stereocenters. The number of carboxylic acid groups (broad SMARTS) is 1. The number of benzene rings is 2. The largest absolute Gasteiger partial charge is 0.478 e. The van der Waals surface area contributed by atoms with Crippen LogP contribution in [-0.2, 0) is 4.79 Å². The molecule has 0 radical (unpaired) electrons. The SMILES string of the molecule is C=CC=CC=Cc1ccccc1.O=C(O)C=CC=Cc1ccccc1. The average molecular weight is 330 g/mol. The molecule has 2 aromatic carbocycles. The molecule has 0 unspecified atom stereocenters. The monoisotopic (exact) mass is 330 g/mol. The number of carbonyl (C=O) groups is 1. The molecule has 1 N–H and O–H groups in total. The van der Waals surface area contributed by atoms with E-state index >= 15 is 0 Å². The second-order valence-corrected chi connectivity index (χ2v) is 4.86. The average Bonchev–Trinajstić information content (AvgIpc) is 2.65. The first-order valence-electron chi connectivity index (χ1n) is 7.86. The summed E-state index contributed by atoms with van der Waals surface area (Å²) < 4.78 is 0. The lowest BCUT2D eigenvalue weighted by molar-refractivity contribution is -0.131. The molecule has 2 rings (SSSR count). The summed E-state index contributed by atoms with van der Waals surface area (Å²) in [7, 11) is 0. The van der Waals surface area contributed by atoms with Crippen LogP contribution in [0, 0.1) is 0 Å². The molecular formula is C23H22O2. The van der Waals surface area contributed by atoms with Gasteiger partial charge in [0.05, 0.1) is 0 Å². The van der Waals surface area contributed by atoms with Crippen molar-refractivity contribution in [2.45, 2.75) is 0 Å². The van der Waals surface area contributed by atoms with Gasteiger partial charge in [-0.05, 0) is 11.1 Å². The van der Waals surface area contributed by atoms with Gasteiger partial charge >= 0.3 is 5.97 Å². The molecule has 0 aromatic heterocycles. The van der Waals surface area contributed by atoms with E-state index in [2.05, 4.69) is 24.8 Å². The standard InChI is InChI=1S/C12H12.C11H10O2/c1-2-3-4-6-9-12-10-7-5-8-11-12;12-11(13)9-5-4-8-10-6-2-1-3-7-10/h2-11H,1H2;1-9H,(H,12,13). The third-order valence-electron chi connectivity index (χ3n) is 2.88. The highest BCUT2D eigenvalue weighted by molar-refractivity contribution is 5.80. The Kier molecular flexibility index (Phi) is 10.3. The molecule has 0 aliphatic heterocycles. The first-order chi connectivity index (χ1) is 12.2. The van der Waals surface area contributed by atoms with E-state index in [1.54, 1.807) is 12.2 Å². The van der Waals surface area contributed by atoms with Crippen LogP contribution in [0.15, 0.2) is 110 Å². The Morgan fingerprint density at radius 1 is 0.720 bits per heavy atom. The van der Waals surface area contributed by atoms with Gasteiger partial charge < -0.3 is 5.11 Å². The third-order valence-corrected chi connectivity index (χ3v) is 2.88. The van der Waals surface area contributed by atoms with Gasteiger partial charge in [0.15, 0.2) is 0 Å².